The van der Waals surface area contributed by atoms with Crippen LogP contribution in [-0.4, -0.2) is 50.1 Å². The molecule has 3 nitrogen and oxygen atoms in total. The first-order valence-electron chi connectivity index (χ1n) is 7.03. The van der Waals surface area contributed by atoms with Crippen molar-refractivity contribution in [1.82, 2.24) is 9.80 Å². The summed E-state index contributed by atoms with van der Waals surface area (Å²) in [5, 5.41) is 0.736. The Morgan fingerprint density at radius 1 is 1.30 bits per heavy atom. The average Bonchev–Trinajstić information content (AvgIpc) is 2.41. The van der Waals surface area contributed by atoms with Gasteiger partial charge in [-0.15, -0.1) is 0 Å². The lowest BCUT2D eigenvalue weighted by molar-refractivity contribution is 0.201. The Balaban J connectivity index is 2.77. The van der Waals surface area contributed by atoms with Gasteiger partial charge in [0.1, 0.15) is 0 Å². The van der Waals surface area contributed by atoms with Crippen LogP contribution in [0.4, 0.5) is 0 Å². The van der Waals surface area contributed by atoms with Gasteiger partial charge in [-0.1, -0.05) is 24.6 Å². The Morgan fingerprint density at radius 3 is 2.50 bits per heavy atom. The van der Waals surface area contributed by atoms with Crippen LogP contribution in [0, 0.1) is 0 Å². The Bertz CT molecular complexity index is 412. The molecule has 0 aliphatic carbocycles. The van der Waals surface area contributed by atoms with Crippen LogP contribution in [0.1, 0.15) is 24.9 Å². The molecule has 0 aromatic heterocycles. The van der Waals surface area contributed by atoms with Crippen LogP contribution in [0.25, 0.3) is 0 Å². The molecule has 0 aliphatic heterocycles. The zero-order chi connectivity index (χ0) is 15.1. The van der Waals surface area contributed by atoms with Gasteiger partial charge in [0.05, 0.1) is 5.02 Å². The molecule has 0 spiro atoms. The highest BCUT2D eigenvalue weighted by atomic mass is 79.9. The minimum atomic E-state index is 0.246. The molecule has 0 bridgehead atoms. The molecule has 1 atom stereocenters. The molecule has 0 aliphatic rings. The molecule has 0 fully saturated rings. The molecule has 1 aromatic carbocycles. The first-order valence-corrected chi connectivity index (χ1v) is 8.20. The van der Waals surface area contributed by atoms with Crippen molar-refractivity contribution in [2.45, 2.75) is 19.4 Å². The van der Waals surface area contributed by atoms with E-state index in [2.05, 4.69) is 58.9 Å². The van der Waals surface area contributed by atoms with Crippen molar-refractivity contribution in [3.8, 4) is 0 Å². The highest BCUT2D eigenvalue weighted by molar-refractivity contribution is 9.10. The van der Waals surface area contributed by atoms with Crippen LogP contribution >= 0.6 is 27.5 Å². The summed E-state index contributed by atoms with van der Waals surface area (Å²) < 4.78 is 0.930. The van der Waals surface area contributed by atoms with Gasteiger partial charge in [-0.2, -0.15) is 0 Å². The van der Waals surface area contributed by atoms with Gasteiger partial charge < -0.3 is 10.6 Å². The topological polar surface area (TPSA) is 32.5 Å². The average molecular weight is 363 g/mol. The van der Waals surface area contributed by atoms with Crippen LogP contribution < -0.4 is 5.73 Å². The number of likely N-dealkylation sites (N-methyl/N-ethyl adjacent to an activating group) is 1. The second-order valence-corrected chi connectivity index (χ2v) is 6.47. The smallest absolute Gasteiger partial charge is 0.0548 e. The number of hydrogen-bond donors (Lipinski definition) is 1. The van der Waals surface area contributed by atoms with E-state index in [9.17, 15) is 0 Å². The van der Waals surface area contributed by atoms with Gasteiger partial charge in [-0.25, -0.2) is 0 Å². The van der Waals surface area contributed by atoms with Crippen molar-refractivity contribution in [2.75, 3.05) is 40.3 Å². The third-order valence-corrected chi connectivity index (χ3v) is 4.66. The summed E-state index contributed by atoms with van der Waals surface area (Å²) >= 11 is 9.55. The molecule has 1 unspecified atom stereocenters. The van der Waals surface area contributed by atoms with E-state index >= 15 is 0 Å². The molecule has 2 N–H and O–H groups in total. The molecule has 20 heavy (non-hydrogen) atoms. The molecule has 0 amide bonds. The SMILES string of the molecule is CCN(CCCN(C)C)C(CN)c1ccc(Cl)c(Br)c1. The van der Waals surface area contributed by atoms with Crippen LogP contribution in [-0.2, 0) is 0 Å². The van der Waals surface area contributed by atoms with Gasteiger partial charge in [0, 0.05) is 23.6 Å². The van der Waals surface area contributed by atoms with Gasteiger partial charge in [0.15, 0.2) is 0 Å². The fourth-order valence-corrected chi connectivity index (χ4v) is 2.85. The molecule has 0 radical (unpaired) electrons. The normalized spacial score (nSPS) is 13.2. The summed E-state index contributed by atoms with van der Waals surface area (Å²) in [6.45, 7) is 5.94. The number of halogens is 2. The number of nitrogens with two attached hydrogens (primary N) is 1. The van der Waals surface area contributed by atoms with Crippen LogP contribution in [0.5, 0.6) is 0 Å². The summed E-state index contributed by atoms with van der Waals surface area (Å²) in [4.78, 5) is 4.64. The Hall–Kier alpha value is -0.130. The molecule has 5 heteroatoms. The molecule has 0 saturated heterocycles. The molecule has 114 valence electrons. The van der Waals surface area contributed by atoms with E-state index in [4.69, 9.17) is 17.3 Å². The molecular formula is C15H25BrClN3. The maximum absolute atomic E-state index is 6.06. The number of rotatable bonds is 8. The maximum Gasteiger partial charge on any atom is 0.0548 e. The predicted molar refractivity (Wildman–Crippen MR) is 91.4 cm³/mol. The van der Waals surface area contributed by atoms with Crippen molar-refractivity contribution in [1.29, 1.82) is 0 Å². The Kier molecular flexibility index (Phi) is 8.07. The highest BCUT2D eigenvalue weighted by Crippen LogP contribution is 2.28. The van der Waals surface area contributed by atoms with Crippen molar-refractivity contribution in [3.05, 3.63) is 33.3 Å². The zero-order valence-electron chi connectivity index (χ0n) is 12.6. The lowest BCUT2D eigenvalue weighted by Crippen LogP contribution is -2.35. The molecule has 0 saturated carbocycles. The van der Waals surface area contributed by atoms with Crippen molar-refractivity contribution < 1.29 is 0 Å². The molecule has 0 heterocycles. The van der Waals surface area contributed by atoms with Crippen LogP contribution in [0.2, 0.25) is 5.02 Å². The third kappa shape index (κ3) is 5.34. The first kappa shape index (κ1) is 17.9. The predicted octanol–water partition coefficient (Wildman–Crippen LogP) is 3.38. The molecule has 1 aromatic rings. The quantitative estimate of drug-likeness (QED) is 0.769. The van der Waals surface area contributed by atoms with E-state index in [1.807, 2.05) is 6.07 Å². The Morgan fingerprint density at radius 2 is 2.00 bits per heavy atom. The van der Waals surface area contributed by atoms with Gasteiger partial charge in [-0.05, 0) is 67.2 Å². The minimum Gasteiger partial charge on any atom is -0.329 e. The van der Waals surface area contributed by atoms with E-state index in [0.717, 1.165) is 35.6 Å². The first-order chi connectivity index (χ1) is 9.49. The molecular weight excluding hydrogens is 338 g/mol. The van der Waals surface area contributed by atoms with Crippen LogP contribution in [0.3, 0.4) is 0 Å². The van der Waals surface area contributed by atoms with E-state index in [-0.39, 0.29) is 6.04 Å². The largest absolute Gasteiger partial charge is 0.329 e. The number of hydrogen-bond acceptors (Lipinski definition) is 3. The summed E-state index contributed by atoms with van der Waals surface area (Å²) in [7, 11) is 4.21. The van der Waals surface area contributed by atoms with Crippen molar-refractivity contribution in [2.24, 2.45) is 5.73 Å². The standard InChI is InChI=1S/C15H25BrClN3/c1-4-20(9-5-8-19(2)3)15(11-18)12-6-7-14(17)13(16)10-12/h6-7,10,15H,4-5,8-9,11,18H2,1-3H3. The maximum atomic E-state index is 6.06. The molecule has 1 rings (SSSR count). The minimum absolute atomic E-state index is 0.246. The van der Waals surface area contributed by atoms with Crippen molar-refractivity contribution in [3.63, 3.8) is 0 Å². The lowest BCUT2D eigenvalue weighted by atomic mass is 10.1. The van der Waals surface area contributed by atoms with E-state index < -0.39 is 0 Å². The monoisotopic (exact) mass is 361 g/mol. The zero-order valence-corrected chi connectivity index (χ0v) is 14.9. The fourth-order valence-electron chi connectivity index (χ4n) is 2.34. The number of benzene rings is 1. The fraction of sp³-hybridized carbons (Fsp3) is 0.600. The van der Waals surface area contributed by atoms with E-state index in [1.54, 1.807) is 0 Å². The van der Waals surface area contributed by atoms with E-state index in [1.165, 1.54) is 5.56 Å². The summed E-state index contributed by atoms with van der Waals surface area (Å²) in [6.07, 6.45) is 1.14. The van der Waals surface area contributed by atoms with Gasteiger partial charge in [0.2, 0.25) is 0 Å². The van der Waals surface area contributed by atoms with Crippen LogP contribution in [0.15, 0.2) is 22.7 Å². The second kappa shape index (κ2) is 9.00. The summed E-state index contributed by atoms with van der Waals surface area (Å²) in [5.41, 5.74) is 7.22. The highest BCUT2D eigenvalue weighted by Gasteiger charge is 2.18. The van der Waals surface area contributed by atoms with Gasteiger partial charge in [0.25, 0.3) is 0 Å². The second-order valence-electron chi connectivity index (χ2n) is 5.21. The van der Waals surface area contributed by atoms with Gasteiger partial charge in [-0.3, -0.25) is 4.90 Å². The Labute approximate surface area is 136 Å². The lowest BCUT2D eigenvalue weighted by Gasteiger charge is -2.30. The third-order valence-electron chi connectivity index (χ3n) is 3.45. The summed E-state index contributed by atoms with van der Waals surface area (Å²) in [6, 6.07) is 6.32. The van der Waals surface area contributed by atoms with E-state index in [0.29, 0.717) is 6.54 Å². The summed E-state index contributed by atoms with van der Waals surface area (Å²) in [5.74, 6) is 0. The van der Waals surface area contributed by atoms with Gasteiger partial charge >= 0.3 is 0 Å². The number of nitrogens with zero attached hydrogens (tertiary/aromatic N) is 2. The van der Waals surface area contributed by atoms with Crippen molar-refractivity contribution >= 4 is 27.5 Å².